The molecule has 0 bridgehead atoms. The highest BCUT2D eigenvalue weighted by molar-refractivity contribution is 5.82. The van der Waals surface area contributed by atoms with Crippen LogP contribution >= 0.6 is 0 Å². The van der Waals surface area contributed by atoms with Crippen molar-refractivity contribution in [3.63, 3.8) is 0 Å². The summed E-state index contributed by atoms with van der Waals surface area (Å²) in [6, 6.07) is -0.0111. The molecule has 0 aromatic carbocycles. The summed E-state index contributed by atoms with van der Waals surface area (Å²) in [5.74, 6) is 0.136. The van der Waals surface area contributed by atoms with Gasteiger partial charge in [0.1, 0.15) is 6.04 Å². The number of hydrogen-bond acceptors (Lipinski definition) is 3. The Morgan fingerprint density at radius 2 is 1.87 bits per heavy atom. The Morgan fingerprint density at radius 3 is 2.40 bits per heavy atom. The Balaban J connectivity index is 2.57. The maximum atomic E-state index is 12.0. The molecule has 1 heterocycles. The molecule has 0 aromatic heterocycles. The van der Waals surface area contributed by atoms with E-state index in [4.69, 9.17) is 0 Å². The number of amides is 1. The summed E-state index contributed by atoms with van der Waals surface area (Å²) in [7, 11) is 4.07. The number of carbonyl (C=O) groups excluding carboxylic acids is 1. The lowest BCUT2D eigenvalue weighted by molar-refractivity contribution is -0.129. The smallest absolute Gasteiger partial charge is 0.239 e. The summed E-state index contributed by atoms with van der Waals surface area (Å²) in [5, 5.41) is 3.03. The zero-order valence-electron chi connectivity index (χ0n) is 10.5. The molecule has 0 aliphatic carbocycles. The normalized spacial score (nSPS) is 25.3. The van der Waals surface area contributed by atoms with Crippen LogP contribution < -0.4 is 5.32 Å². The number of likely N-dealkylation sites (N-methyl/N-ethyl adjacent to an activating group) is 2. The van der Waals surface area contributed by atoms with Crippen LogP contribution in [0.4, 0.5) is 0 Å². The second-order valence-corrected chi connectivity index (χ2v) is 5.50. The standard InChI is InChI=1S/C11H23N3O/c1-11(2,3)12-10(15)9-8-13(4)6-7-14(9)5/h9H,6-8H2,1-5H3,(H,12,15). The van der Waals surface area contributed by atoms with E-state index in [0.717, 1.165) is 19.6 Å². The average molecular weight is 213 g/mol. The number of piperazine rings is 1. The van der Waals surface area contributed by atoms with E-state index < -0.39 is 0 Å². The average Bonchev–Trinajstić information content (AvgIpc) is 2.06. The Hall–Kier alpha value is -0.610. The van der Waals surface area contributed by atoms with Gasteiger partial charge in [0.05, 0.1) is 0 Å². The van der Waals surface area contributed by atoms with Crippen LogP contribution in [-0.4, -0.2) is 61.0 Å². The Labute approximate surface area is 92.6 Å². The molecule has 1 amide bonds. The monoisotopic (exact) mass is 213 g/mol. The van der Waals surface area contributed by atoms with E-state index in [1.807, 2.05) is 27.8 Å². The first-order chi connectivity index (χ1) is 6.79. The number of nitrogens with zero attached hydrogens (tertiary/aromatic N) is 2. The molecule has 1 fully saturated rings. The fraction of sp³-hybridized carbons (Fsp3) is 0.909. The minimum absolute atomic E-state index is 0.0111. The Morgan fingerprint density at radius 1 is 1.27 bits per heavy atom. The van der Waals surface area contributed by atoms with Gasteiger partial charge in [-0.1, -0.05) is 0 Å². The van der Waals surface area contributed by atoms with Crippen molar-refractivity contribution in [3.05, 3.63) is 0 Å². The summed E-state index contributed by atoms with van der Waals surface area (Å²) in [4.78, 5) is 16.3. The minimum atomic E-state index is -0.145. The zero-order chi connectivity index (χ0) is 11.6. The highest BCUT2D eigenvalue weighted by atomic mass is 16.2. The van der Waals surface area contributed by atoms with Gasteiger partial charge >= 0.3 is 0 Å². The van der Waals surface area contributed by atoms with Crippen molar-refractivity contribution in [1.82, 2.24) is 15.1 Å². The van der Waals surface area contributed by atoms with E-state index in [2.05, 4.69) is 22.2 Å². The summed E-state index contributed by atoms with van der Waals surface area (Å²) in [5.41, 5.74) is -0.145. The Bertz CT molecular complexity index is 234. The van der Waals surface area contributed by atoms with E-state index in [1.54, 1.807) is 0 Å². The van der Waals surface area contributed by atoms with Crippen molar-refractivity contribution in [1.29, 1.82) is 0 Å². The van der Waals surface area contributed by atoms with Gasteiger partial charge in [0.15, 0.2) is 0 Å². The SMILES string of the molecule is CN1CCN(C)C(C(=O)NC(C)(C)C)C1. The second-order valence-electron chi connectivity index (χ2n) is 5.50. The summed E-state index contributed by atoms with van der Waals surface area (Å²) in [6.45, 7) is 8.85. The van der Waals surface area contributed by atoms with Gasteiger partial charge in [0.2, 0.25) is 5.91 Å². The molecule has 0 spiro atoms. The van der Waals surface area contributed by atoms with Gasteiger partial charge in [-0.2, -0.15) is 0 Å². The third kappa shape index (κ3) is 3.80. The van der Waals surface area contributed by atoms with E-state index in [9.17, 15) is 4.79 Å². The van der Waals surface area contributed by atoms with Crippen molar-refractivity contribution in [3.8, 4) is 0 Å². The quantitative estimate of drug-likeness (QED) is 0.673. The molecule has 0 radical (unpaired) electrons. The first-order valence-electron chi connectivity index (χ1n) is 5.50. The summed E-state index contributed by atoms with van der Waals surface area (Å²) in [6.07, 6.45) is 0. The lowest BCUT2D eigenvalue weighted by Gasteiger charge is -2.38. The molecule has 1 unspecified atom stereocenters. The zero-order valence-corrected chi connectivity index (χ0v) is 10.5. The van der Waals surface area contributed by atoms with Crippen LogP contribution in [0.15, 0.2) is 0 Å². The van der Waals surface area contributed by atoms with Crippen LogP contribution in [0.1, 0.15) is 20.8 Å². The maximum absolute atomic E-state index is 12.0. The summed E-state index contributed by atoms with van der Waals surface area (Å²) < 4.78 is 0. The third-order valence-corrected chi connectivity index (χ3v) is 2.65. The maximum Gasteiger partial charge on any atom is 0.239 e. The van der Waals surface area contributed by atoms with Crippen molar-refractivity contribution in [2.75, 3.05) is 33.7 Å². The van der Waals surface area contributed by atoms with Crippen LogP contribution in [0.25, 0.3) is 0 Å². The molecule has 1 saturated heterocycles. The van der Waals surface area contributed by atoms with Crippen molar-refractivity contribution in [2.45, 2.75) is 32.4 Å². The molecule has 1 atom stereocenters. The molecule has 88 valence electrons. The van der Waals surface area contributed by atoms with Gasteiger partial charge in [-0.25, -0.2) is 0 Å². The first kappa shape index (κ1) is 12.5. The van der Waals surface area contributed by atoms with E-state index in [1.165, 1.54) is 0 Å². The highest BCUT2D eigenvalue weighted by Gasteiger charge is 2.30. The lowest BCUT2D eigenvalue weighted by atomic mass is 10.1. The van der Waals surface area contributed by atoms with E-state index >= 15 is 0 Å². The highest BCUT2D eigenvalue weighted by Crippen LogP contribution is 2.08. The summed E-state index contributed by atoms with van der Waals surface area (Å²) >= 11 is 0. The van der Waals surface area contributed by atoms with Crippen LogP contribution in [-0.2, 0) is 4.79 Å². The first-order valence-corrected chi connectivity index (χ1v) is 5.50. The lowest BCUT2D eigenvalue weighted by Crippen LogP contribution is -2.59. The fourth-order valence-electron chi connectivity index (χ4n) is 1.75. The fourth-order valence-corrected chi connectivity index (χ4v) is 1.75. The molecule has 4 heteroatoms. The number of rotatable bonds is 1. The predicted molar refractivity (Wildman–Crippen MR) is 61.8 cm³/mol. The molecule has 1 aliphatic heterocycles. The van der Waals surface area contributed by atoms with Gasteiger partial charge in [-0.05, 0) is 34.9 Å². The van der Waals surface area contributed by atoms with Gasteiger partial charge < -0.3 is 10.2 Å². The molecule has 0 aromatic rings. The van der Waals surface area contributed by atoms with Gasteiger partial charge in [0.25, 0.3) is 0 Å². The molecule has 4 nitrogen and oxygen atoms in total. The third-order valence-electron chi connectivity index (χ3n) is 2.65. The topological polar surface area (TPSA) is 35.6 Å². The second kappa shape index (κ2) is 4.49. The van der Waals surface area contributed by atoms with Crippen LogP contribution in [0.3, 0.4) is 0 Å². The molecular weight excluding hydrogens is 190 g/mol. The number of nitrogens with one attached hydrogen (secondary N) is 1. The largest absolute Gasteiger partial charge is 0.350 e. The number of hydrogen-bond donors (Lipinski definition) is 1. The van der Waals surface area contributed by atoms with Crippen LogP contribution in [0, 0.1) is 0 Å². The van der Waals surface area contributed by atoms with Crippen molar-refractivity contribution < 1.29 is 4.79 Å². The number of carbonyl (C=O) groups is 1. The molecule has 15 heavy (non-hydrogen) atoms. The van der Waals surface area contributed by atoms with Crippen molar-refractivity contribution >= 4 is 5.91 Å². The van der Waals surface area contributed by atoms with Crippen LogP contribution in [0.2, 0.25) is 0 Å². The molecule has 1 N–H and O–H groups in total. The molecule has 1 aliphatic rings. The molecule has 0 saturated carbocycles. The Kier molecular flexibility index (Phi) is 3.73. The van der Waals surface area contributed by atoms with Crippen LogP contribution in [0.5, 0.6) is 0 Å². The van der Waals surface area contributed by atoms with Crippen molar-refractivity contribution in [2.24, 2.45) is 0 Å². The van der Waals surface area contributed by atoms with Gasteiger partial charge in [0, 0.05) is 25.2 Å². The minimum Gasteiger partial charge on any atom is -0.350 e. The van der Waals surface area contributed by atoms with E-state index in [0.29, 0.717) is 0 Å². The van der Waals surface area contributed by atoms with Gasteiger partial charge in [-0.15, -0.1) is 0 Å². The molecule has 1 rings (SSSR count). The molecular formula is C11H23N3O. The van der Waals surface area contributed by atoms with E-state index in [-0.39, 0.29) is 17.5 Å². The van der Waals surface area contributed by atoms with Gasteiger partial charge in [-0.3, -0.25) is 9.69 Å². The predicted octanol–water partition coefficient (Wildman–Crippen LogP) is 0.147.